The third-order valence-corrected chi connectivity index (χ3v) is 2.26. The van der Waals surface area contributed by atoms with Crippen LogP contribution in [0, 0.1) is 5.92 Å². The number of hydrazine groups is 1. The minimum absolute atomic E-state index is 0.429. The summed E-state index contributed by atoms with van der Waals surface area (Å²) >= 11 is 0. The van der Waals surface area contributed by atoms with Gasteiger partial charge in [0.25, 0.3) is 5.88 Å². The molecule has 1 heterocycles. The molecule has 0 bridgehead atoms. The van der Waals surface area contributed by atoms with Crippen molar-refractivity contribution in [3.8, 4) is 11.6 Å². The van der Waals surface area contributed by atoms with Gasteiger partial charge in [-0.1, -0.05) is 0 Å². The number of methoxy groups -OCH3 is 1. The summed E-state index contributed by atoms with van der Waals surface area (Å²) in [7, 11) is 1.53. The van der Waals surface area contributed by atoms with Gasteiger partial charge in [0.05, 0.1) is 13.7 Å². The van der Waals surface area contributed by atoms with Crippen LogP contribution in [-0.4, -0.2) is 23.7 Å². The molecule has 0 unspecified atom stereocenters. The van der Waals surface area contributed by atoms with Crippen molar-refractivity contribution < 1.29 is 9.47 Å². The smallest absolute Gasteiger partial charge is 0.262 e. The Balaban J connectivity index is 2.12. The van der Waals surface area contributed by atoms with Gasteiger partial charge in [0.15, 0.2) is 5.82 Å². The molecule has 0 atom stereocenters. The molecule has 82 valence electrons. The minimum atomic E-state index is 0.429. The van der Waals surface area contributed by atoms with Crippen molar-refractivity contribution in [2.24, 2.45) is 11.8 Å². The lowest BCUT2D eigenvalue weighted by molar-refractivity contribution is 0.268. The highest BCUT2D eigenvalue weighted by molar-refractivity contribution is 5.54. The van der Waals surface area contributed by atoms with Gasteiger partial charge in [-0.15, -0.1) is 0 Å². The normalized spacial score (nSPS) is 14.8. The van der Waals surface area contributed by atoms with Gasteiger partial charge in [0, 0.05) is 0 Å². The third kappa shape index (κ3) is 2.27. The molecule has 1 fully saturated rings. The molecular weight excluding hydrogens is 196 g/mol. The van der Waals surface area contributed by atoms with Crippen molar-refractivity contribution in [3.05, 3.63) is 6.33 Å². The van der Waals surface area contributed by atoms with Crippen molar-refractivity contribution in [1.29, 1.82) is 0 Å². The van der Waals surface area contributed by atoms with Gasteiger partial charge >= 0.3 is 0 Å². The molecule has 0 aromatic carbocycles. The highest BCUT2D eigenvalue weighted by atomic mass is 16.5. The first-order valence-electron chi connectivity index (χ1n) is 4.83. The first-order chi connectivity index (χ1) is 7.35. The second-order valence-corrected chi connectivity index (χ2v) is 3.46. The van der Waals surface area contributed by atoms with E-state index in [1.54, 1.807) is 0 Å². The van der Waals surface area contributed by atoms with E-state index in [9.17, 15) is 0 Å². The van der Waals surface area contributed by atoms with Crippen LogP contribution in [0.4, 0.5) is 5.82 Å². The Morgan fingerprint density at radius 1 is 1.53 bits per heavy atom. The summed E-state index contributed by atoms with van der Waals surface area (Å²) in [5, 5.41) is 0. The van der Waals surface area contributed by atoms with Gasteiger partial charge in [-0.05, 0) is 18.8 Å². The molecule has 6 nitrogen and oxygen atoms in total. The predicted molar refractivity (Wildman–Crippen MR) is 54.6 cm³/mol. The van der Waals surface area contributed by atoms with Crippen LogP contribution >= 0.6 is 0 Å². The Labute approximate surface area is 87.8 Å². The fraction of sp³-hybridized carbons (Fsp3) is 0.556. The summed E-state index contributed by atoms with van der Waals surface area (Å²) < 4.78 is 10.7. The van der Waals surface area contributed by atoms with Crippen LogP contribution in [0.5, 0.6) is 11.6 Å². The van der Waals surface area contributed by atoms with E-state index >= 15 is 0 Å². The van der Waals surface area contributed by atoms with Crippen LogP contribution in [-0.2, 0) is 0 Å². The van der Waals surface area contributed by atoms with Crippen LogP contribution in [0.1, 0.15) is 12.8 Å². The fourth-order valence-electron chi connectivity index (χ4n) is 1.23. The molecule has 6 heteroatoms. The van der Waals surface area contributed by atoms with Crippen LogP contribution < -0.4 is 20.7 Å². The standard InChI is InChI=1S/C9H14N4O2/c1-14-7-8(13-10)11-5-12-9(7)15-4-6-2-3-6/h5-6H,2-4,10H2,1H3,(H,11,12,13). The maximum atomic E-state index is 5.52. The number of ether oxygens (including phenoxy) is 2. The largest absolute Gasteiger partial charge is 0.489 e. The van der Waals surface area contributed by atoms with Crippen molar-refractivity contribution in [3.63, 3.8) is 0 Å². The van der Waals surface area contributed by atoms with E-state index in [-0.39, 0.29) is 0 Å². The van der Waals surface area contributed by atoms with E-state index in [2.05, 4.69) is 15.4 Å². The number of anilines is 1. The lowest BCUT2D eigenvalue weighted by Gasteiger charge is -2.11. The number of hydrogen-bond donors (Lipinski definition) is 2. The molecule has 0 radical (unpaired) electrons. The Bertz CT molecular complexity index is 341. The monoisotopic (exact) mass is 210 g/mol. The summed E-state index contributed by atoms with van der Waals surface area (Å²) in [6, 6.07) is 0. The van der Waals surface area contributed by atoms with Crippen LogP contribution in [0.15, 0.2) is 6.33 Å². The number of aromatic nitrogens is 2. The average molecular weight is 210 g/mol. The number of nitrogens with zero attached hydrogens (tertiary/aromatic N) is 2. The van der Waals surface area contributed by atoms with Crippen LogP contribution in [0.2, 0.25) is 0 Å². The maximum Gasteiger partial charge on any atom is 0.262 e. The molecule has 1 saturated carbocycles. The fourth-order valence-corrected chi connectivity index (χ4v) is 1.23. The van der Waals surface area contributed by atoms with Gasteiger partial charge < -0.3 is 14.9 Å². The van der Waals surface area contributed by atoms with Gasteiger partial charge in [0.2, 0.25) is 5.75 Å². The SMILES string of the molecule is COc1c(NN)ncnc1OCC1CC1. The summed E-state index contributed by atoms with van der Waals surface area (Å²) in [6.45, 7) is 0.678. The van der Waals surface area contributed by atoms with E-state index in [4.69, 9.17) is 15.3 Å². The zero-order valence-electron chi connectivity index (χ0n) is 8.56. The molecular formula is C9H14N4O2. The quantitative estimate of drug-likeness (QED) is 0.546. The second kappa shape index (κ2) is 4.31. The number of rotatable bonds is 5. The topological polar surface area (TPSA) is 82.3 Å². The molecule has 3 N–H and O–H groups in total. The molecule has 1 aromatic heterocycles. The van der Waals surface area contributed by atoms with Gasteiger partial charge in [-0.25, -0.2) is 10.8 Å². The Kier molecular flexibility index (Phi) is 2.86. The first-order valence-corrected chi connectivity index (χ1v) is 4.83. The van der Waals surface area contributed by atoms with E-state index in [1.165, 1.54) is 26.3 Å². The molecule has 1 aliphatic rings. The summed E-state index contributed by atoms with van der Waals surface area (Å²) in [5.41, 5.74) is 2.43. The van der Waals surface area contributed by atoms with Gasteiger partial charge in [-0.2, -0.15) is 4.98 Å². The van der Waals surface area contributed by atoms with Crippen molar-refractivity contribution >= 4 is 5.82 Å². The van der Waals surface area contributed by atoms with Crippen molar-refractivity contribution in [2.75, 3.05) is 19.1 Å². The van der Waals surface area contributed by atoms with Crippen molar-refractivity contribution in [2.45, 2.75) is 12.8 Å². The Morgan fingerprint density at radius 3 is 2.93 bits per heavy atom. The summed E-state index contributed by atoms with van der Waals surface area (Å²) in [5.74, 6) is 7.26. The molecule has 2 rings (SSSR count). The zero-order chi connectivity index (χ0) is 10.7. The lowest BCUT2D eigenvalue weighted by atomic mass is 10.4. The molecule has 0 spiro atoms. The minimum Gasteiger partial charge on any atom is -0.489 e. The lowest BCUT2D eigenvalue weighted by Crippen LogP contribution is -2.12. The highest BCUT2D eigenvalue weighted by Gasteiger charge is 2.23. The molecule has 0 aliphatic heterocycles. The first kappa shape index (κ1) is 9.97. The Morgan fingerprint density at radius 2 is 2.33 bits per heavy atom. The second-order valence-electron chi connectivity index (χ2n) is 3.46. The molecule has 1 aliphatic carbocycles. The van der Waals surface area contributed by atoms with Crippen LogP contribution in [0.3, 0.4) is 0 Å². The summed E-state index contributed by atoms with van der Waals surface area (Å²) in [6.07, 6.45) is 3.85. The number of nitrogen functional groups attached to an aromatic ring is 1. The van der Waals surface area contributed by atoms with E-state index < -0.39 is 0 Å². The van der Waals surface area contributed by atoms with Gasteiger partial charge in [-0.3, -0.25) is 0 Å². The predicted octanol–water partition coefficient (Wildman–Crippen LogP) is 0.560. The Hall–Kier alpha value is -1.56. The maximum absolute atomic E-state index is 5.52. The van der Waals surface area contributed by atoms with E-state index in [1.807, 2.05) is 0 Å². The zero-order valence-corrected chi connectivity index (χ0v) is 8.56. The molecule has 0 saturated heterocycles. The van der Waals surface area contributed by atoms with E-state index in [0.29, 0.717) is 30.0 Å². The molecule has 1 aromatic rings. The highest BCUT2D eigenvalue weighted by Crippen LogP contribution is 2.33. The number of nitrogens with one attached hydrogen (secondary N) is 1. The average Bonchev–Trinajstić information content (AvgIpc) is 3.09. The summed E-state index contributed by atoms with van der Waals surface area (Å²) in [4.78, 5) is 7.92. The van der Waals surface area contributed by atoms with E-state index in [0.717, 1.165) is 0 Å². The number of hydrogen-bond acceptors (Lipinski definition) is 6. The third-order valence-electron chi connectivity index (χ3n) is 2.26. The number of nitrogens with two attached hydrogens (primary N) is 1. The van der Waals surface area contributed by atoms with Gasteiger partial charge in [0.1, 0.15) is 6.33 Å². The molecule has 0 amide bonds. The molecule has 15 heavy (non-hydrogen) atoms. The van der Waals surface area contributed by atoms with Crippen molar-refractivity contribution in [1.82, 2.24) is 9.97 Å². The van der Waals surface area contributed by atoms with Crippen LogP contribution in [0.25, 0.3) is 0 Å².